The first-order valence-corrected chi connectivity index (χ1v) is 6.31. The molecule has 0 aliphatic rings. The number of anilines is 1. The Hall–Kier alpha value is -2.70. The Morgan fingerprint density at radius 1 is 1.33 bits per heavy atom. The van der Waals surface area contributed by atoms with Crippen molar-refractivity contribution in [2.45, 2.75) is 6.54 Å². The summed E-state index contributed by atoms with van der Waals surface area (Å²) < 4.78 is 10.4. The third-order valence-electron chi connectivity index (χ3n) is 3.11. The maximum Gasteiger partial charge on any atom is 0.256 e. The van der Waals surface area contributed by atoms with Gasteiger partial charge in [0.25, 0.3) is 5.91 Å². The van der Waals surface area contributed by atoms with E-state index in [-0.39, 0.29) is 5.91 Å². The second kappa shape index (κ2) is 6.17. The molecule has 7 heteroatoms. The fraction of sp³-hybridized carbons (Fsp3) is 0.286. The number of hydrogen-bond acceptors (Lipinski definition) is 5. The first-order valence-electron chi connectivity index (χ1n) is 6.31. The largest absolute Gasteiger partial charge is 0.493 e. The van der Waals surface area contributed by atoms with Gasteiger partial charge in [0.05, 0.1) is 26.0 Å². The third-order valence-corrected chi connectivity index (χ3v) is 3.11. The molecule has 1 amide bonds. The molecule has 7 nitrogen and oxygen atoms in total. The van der Waals surface area contributed by atoms with Crippen LogP contribution >= 0.6 is 0 Å². The Morgan fingerprint density at radius 2 is 2.00 bits per heavy atom. The molecule has 3 N–H and O–H groups in total. The average Bonchev–Trinajstić information content (AvgIpc) is 2.99. The van der Waals surface area contributed by atoms with Crippen LogP contribution in [-0.2, 0) is 6.54 Å². The highest BCUT2D eigenvalue weighted by Gasteiger charge is 2.18. The minimum Gasteiger partial charge on any atom is -0.493 e. The number of amides is 1. The molecule has 0 spiro atoms. The van der Waals surface area contributed by atoms with Crippen molar-refractivity contribution in [3.05, 3.63) is 35.7 Å². The number of benzene rings is 1. The monoisotopic (exact) mass is 290 g/mol. The standard InChI is InChI=1S/C14H18N4O3/c1-18(8-9-6-16-17-7-9)14(19)10-4-12(20-2)13(21-3)5-11(10)15/h4-7H,8,15H2,1-3H3,(H,16,17). The summed E-state index contributed by atoms with van der Waals surface area (Å²) in [7, 11) is 4.73. The summed E-state index contributed by atoms with van der Waals surface area (Å²) in [6.45, 7) is 0.434. The van der Waals surface area contributed by atoms with Gasteiger partial charge in [0.2, 0.25) is 0 Å². The van der Waals surface area contributed by atoms with Crippen molar-refractivity contribution in [2.75, 3.05) is 27.0 Å². The minimum atomic E-state index is -0.199. The molecule has 0 saturated carbocycles. The lowest BCUT2D eigenvalue weighted by atomic mass is 10.1. The van der Waals surface area contributed by atoms with Crippen LogP contribution in [0.3, 0.4) is 0 Å². The van der Waals surface area contributed by atoms with Gasteiger partial charge in [-0.3, -0.25) is 9.89 Å². The number of rotatable bonds is 5. The van der Waals surface area contributed by atoms with Crippen LogP contribution in [0.4, 0.5) is 5.69 Å². The predicted molar refractivity (Wildman–Crippen MR) is 78.3 cm³/mol. The summed E-state index contributed by atoms with van der Waals surface area (Å²) in [6, 6.07) is 3.17. The summed E-state index contributed by atoms with van der Waals surface area (Å²) in [4.78, 5) is 14.0. The van der Waals surface area contributed by atoms with Crippen molar-refractivity contribution in [2.24, 2.45) is 0 Å². The number of methoxy groups -OCH3 is 2. The van der Waals surface area contributed by atoms with Crippen molar-refractivity contribution >= 4 is 11.6 Å². The van der Waals surface area contributed by atoms with Crippen LogP contribution in [0.1, 0.15) is 15.9 Å². The number of carbonyl (C=O) groups is 1. The van der Waals surface area contributed by atoms with Gasteiger partial charge in [-0.15, -0.1) is 0 Å². The maximum atomic E-state index is 12.5. The van der Waals surface area contributed by atoms with E-state index in [0.717, 1.165) is 5.56 Å². The number of nitrogens with one attached hydrogen (secondary N) is 1. The molecule has 0 aliphatic carbocycles. The van der Waals surface area contributed by atoms with Gasteiger partial charge >= 0.3 is 0 Å². The lowest BCUT2D eigenvalue weighted by Crippen LogP contribution is -2.26. The molecule has 0 aliphatic heterocycles. The summed E-state index contributed by atoms with van der Waals surface area (Å²) in [5.41, 5.74) is 7.56. The van der Waals surface area contributed by atoms with E-state index in [1.54, 1.807) is 36.5 Å². The van der Waals surface area contributed by atoms with E-state index in [1.165, 1.54) is 14.2 Å². The molecular formula is C14H18N4O3. The Morgan fingerprint density at radius 3 is 2.57 bits per heavy atom. The summed E-state index contributed by atoms with van der Waals surface area (Å²) in [6.07, 6.45) is 3.41. The number of nitrogens with zero attached hydrogens (tertiary/aromatic N) is 2. The van der Waals surface area contributed by atoms with Gasteiger partial charge in [0.1, 0.15) is 0 Å². The molecule has 1 aromatic heterocycles. The Labute approximate surface area is 122 Å². The van der Waals surface area contributed by atoms with E-state index in [0.29, 0.717) is 29.3 Å². The normalized spacial score (nSPS) is 10.2. The van der Waals surface area contributed by atoms with E-state index in [9.17, 15) is 4.79 Å². The fourth-order valence-electron chi connectivity index (χ4n) is 2.00. The third kappa shape index (κ3) is 3.07. The molecule has 112 valence electrons. The Bertz CT molecular complexity index is 625. The number of nitrogen functional groups attached to an aromatic ring is 1. The molecule has 21 heavy (non-hydrogen) atoms. The van der Waals surface area contributed by atoms with Crippen molar-refractivity contribution in [1.82, 2.24) is 15.1 Å². The zero-order valence-electron chi connectivity index (χ0n) is 12.2. The van der Waals surface area contributed by atoms with Crippen molar-refractivity contribution in [3.8, 4) is 11.5 Å². The van der Waals surface area contributed by atoms with Gasteiger partial charge in [-0.1, -0.05) is 0 Å². The molecule has 2 rings (SSSR count). The molecule has 1 aromatic carbocycles. The molecular weight excluding hydrogens is 272 g/mol. The van der Waals surface area contributed by atoms with Crippen LogP contribution in [0.5, 0.6) is 11.5 Å². The van der Waals surface area contributed by atoms with Crippen molar-refractivity contribution in [1.29, 1.82) is 0 Å². The fourth-order valence-corrected chi connectivity index (χ4v) is 2.00. The highest BCUT2D eigenvalue weighted by molar-refractivity contribution is 5.99. The molecule has 1 heterocycles. The number of ether oxygens (including phenoxy) is 2. The molecule has 2 aromatic rings. The van der Waals surface area contributed by atoms with Gasteiger partial charge in [-0.2, -0.15) is 5.10 Å². The van der Waals surface area contributed by atoms with E-state index in [1.807, 2.05) is 0 Å². The van der Waals surface area contributed by atoms with E-state index < -0.39 is 0 Å². The molecule has 0 radical (unpaired) electrons. The van der Waals surface area contributed by atoms with Crippen LogP contribution in [0, 0.1) is 0 Å². The van der Waals surface area contributed by atoms with Crippen LogP contribution in [-0.4, -0.2) is 42.3 Å². The van der Waals surface area contributed by atoms with E-state index in [4.69, 9.17) is 15.2 Å². The average molecular weight is 290 g/mol. The highest BCUT2D eigenvalue weighted by Crippen LogP contribution is 2.32. The van der Waals surface area contributed by atoms with E-state index >= 15 is 0 Å². The lowest BCUT2D eigenvalue weighted by molar-refractivity contribution is 0.0786. The zero-order chi connectivity index (χ0) is 15.4. The number of hydrogen-bond donors (Lipinski definition) is 2. The van der Waals surface area contributed by atoms with Crippen LogP contribution in [0.25, 0.3) is 0 Å². The number of aromatic amines is 1. The predicted octanol–water partition coefficient (Wildman–Crippen LogP) is 1.28. The lowest BCUT2D eigenvalue weighted by Gasteiger charge is -2.18. The molecule has 0 atom stereocenters. The Balaban J connectivity index is 2.25. The number of nitrogens with two attached hydrogens (primary N) is 1. The number of H-pyrrole nitrogens is 1. The van der Waals surface area contributed by atoms with Crippen molar-refractivity contribution in [3.63, 3.8) is 0 Å². The van der Waals surface area contributed by atoms with Gasteiger partial charge in [0, 0.05) is 37.1 Å². The second-order valence-corrected chi connectivity index (χ2v) is 4.56. The molecule has 0 bridgehead atoms. The summed E-state index contributed by atoms with van der Waals surface area (Å²) in [5, 5.41) is 6.56. The van der Waals surface area contributed by atoms with Crippen LogP contribution in [0.15, 0.2) is 24.5 Å². The first-order chi connectivity index (χ1) is 10.1. The second-order valence-electron chi connectivity index (χ2n) is 4.56. The molecule has 0 fully saturated rings. The molecule has 0 saturated heterocycles. The van der Waals surface area contributed by atoms with Gasteiger partial charge in [0.15, 0.2) is 11.5 Å². The van der Waals surface area contributed by atoms with E-state index in [2.05, 4.69) is 10.2 Å². The summed E-state index contributed by atoms with van der Waals surface area (Å²) >= 11 is 0. The summed E-state index contributed by atoms with van der Waals surface area (Å²) in [5.74, 6) is 0.755. The minimum absolute atomic E-state index is 0.199. The van der Waals surface area contributed by atoms with Crippen LogP contribution in [0.2, 0.25) is 0 Å². The topological polar surface area (TPSA) is 93.5 Å². The zero-order valence-corrected chi connectivity index (χ0v) is 12.2. The quantitative estimate of drug-likeness (QED) is 0.809. The van der Waals surface area contributed by atoms with Crippen molar-refractivity contribution < 1.29 is 14.3 Å². The highest BCUT2D eigenvalue weighted by atomic mass is 16.5. The maximum absolute atomic E-state index is 12.5. The SMILES string of the molecule is COc1cc(N)c(C(=O)N(C)Cc2cn[nH]c2)cc1OC. The number of carbonyl (C=O) groups excluding carboxylic acids is 1. The van der Waals surface area contributed by atoms with Crippen LogP contribution < -0.4 is 15.2 Å². The number of aromatic nitrogens is 2. The first kappa shape index (κ1) is 14.7. The Kier molecular flexibility index (Phi) is 4.32. The molecule has 0 unspecified atom stereocenters. The van der Waals surface area contributed by atoms with Gasteiger partial charge < -0.3 is 20.1 Å². The smallest absolute Gasteiger partial charge is 0.256 e. The van der Waals surface area contributed by atoms with Gasteiger partial charge in [-0.05, 0) is 6.07 Å². The van der Waals surface area contributed by atoms with Gasteiger partial charge in [-0.25, -0.2) is 0 Å².